The van der Waals surface area contributed by atoms with Crippen LogP contribution in [0.5, 0.6) is 0 Å². The highest BCUT2D eigenvalue weighted by atomic mass is 16.5. The summed E-state index contributed by atoms with van der Waals surface area (Å²) in [6.45, 7) is 2.44. The lowest BCUT2D eigenvalue weighted by Crippen LogP contribution is -2.42. The molecule has 0 spiro atoms. The van der Waals surface area contributed by atoms with Gasteiger partial charge in [0.25, 0.3) is 0 Å². The monoisotopic (exact) mass is 143 g/mol. The van der Waals surface area contributed by atoms with Crippen molar-refractivity contribution in [2.75, 3.05) is 26.8 Å². The first kappa shape index (κ1) is 7.69. The number of rotatable bonds is 2. The lowest BCUT2D eigenvalue weighted by Gasteiger charge is -2.30. The van der Waals surface area contributed by atoms with E-state index in [1.807, 2.05) is 7.05 Å². The first-order valence-electron chi connectivity index (χ1n) is 3.56. The fourth-order valence-corrected chi connectivity index (χ4v) is 1.10. The Kier molecular flexibility index (Phi) is 2.83. The van der Waals surface area contributed by atoms with Crippen LogP contribution in [-0.2, 0) is 9.53 Å². The quantitative estimate of drug-likeness (QED) is 0.506. The normalized spacial score (nSPS) is 28.3. The van der Waals surface area contributed by atoms with E-state index in [0.717, 1.165) is 19.4 Å². The van der Waals surface area contributed by atoms with Gasteiger partial charge in [-0.2, -0.15) is 0 Å². The molecule has 1 rings (SSSR count). The summed E-state index contributed by atoms with van der Waals surface area (Å²) in [6, 6.07) is 0.311. The number of ether oxygens (including phenoxy) is 1. The van der Waals surface area contributed by atoms with Gasteiger partial charge < -0.3 is 9.53 Å². The maximum Gasteiger partial charge on any atom is 0.121 e. The minimum atomic E-state index is 0.311. The average Bonchev–Trinajstić information content (AvgIpc) is 1.94. The van der Waals surface area contributed by atoms with Crippen LogP contribution >= 0.6 is 0 Å². The lowest BCUT2D eigenvalue weighted by atomic mass is 10.2. The first-order valence-corrected chi connectivity index (χ1v) is 3.56. The van der Waals surface area contributed by atoms with Gasteiger partial charge in [0.2, 0.25) is 0 Å². The molecular formula is C7H13NO2. The Labute approximate surface area is 61.0 Å². The molecule has 0 aromatic carbocycles. The second kappa shape index (κ2) is 3.68. The van der Waals surface area contributed by atoms with Crippen LogP contribution < -0.4 is 0 Å². The Morgan fingerprint density at radius 1 is 1.80 bits per heavy atom. The zero-order chi connectivity index (χ0) is 7.40. The van der Waals surface area contributed by atoms with E-state index >= 15 is 0 Å². The molecule has 0 saturated carbocycles. The van der Waals surface area contributed by atoms with Crippen molar-refractivity contribution in [1.29, 1.82) is 0 Å². The van der Waals surface area contributed by atoms with Crippen molar-refractivity contribution >= 4 is 6.29 Å². The van der Waals surface area contributed by atoms with Gasteiger partial charge in [-0.3, -0.25) is 4.90 Å². The van der Waals surface area contributed by atoms with Crippen LogP contribution in [-0.4, -0.2) is 44.0 Å². The second-order valence-electron chi connectivity index (χ2n) is 2.61. The van der Waals surface area contributed by atoms with E-state index in [1.165, 1.54) is 0 Å². The molecule has 1 unspecified atom stereocenters. The van der Waals surface area contributed by atoms with E-state index in [0.29, 0.717) is 19.1 Å². The van der Waals surface area contributed by atoms with Gasteiger partial charge in [0.15, 0.2) is 0 Å². The molecule has 1 saturated heterocycles. The Morgan fingerprint density at radius 2 is 2.60 bits per heavy atom. The minimum absolute atomic E-state index is 0.311. The summed E-state index contributed by atoms with van der Waals surface area (Å²) >= 11 is 0. The molecule has 0 aromatic heterocycles. The third-order valence-electron chi connectivity index (χ3n) is 1.89. The molecule has 0 radical (unpaired) electrons. The number of aldehydes is 1. The van der Waals surface area contributed by atoms with E-state index in [4.69, 9.17) is 4.74 Å². The Bertz CT molecular complexity index is 116. The number of carbonyl (C=O) groups is 1. The van der Waals surface area contributed by atoms with Gasteiger partial charge in [-0.1, -0.05) is 0 Å². The van der Waals surface area contributed by atoms with Crippen molar-refractivity contribution in [3.05, 3.63) is 0 Å². The van der Waals surface area contributed by atoms with Gasteiger partial charge in [-0.25, -0.2) is 0 Å². The van der Waals surface area contributed by atoms with Gasteiger partial charge in [0, 0.05) is 19.0 Å². The summed E-state index contributed by atoms with van der Waals surface area (Å²) in [5, 5.41) is 0. The lowest BCUT2D eigenvalue weighted by molar-refractivity contribution is -0.110. The SMILES string of the molecule is CN1CCOCC1CC=O. The molecule has 1 atom stereocenters. The predicted molar refractivity (Wildman–Crippen MR) is 37.9 cm³/mol. The third-order valence-corrected chi connectivity index (χ3v) is 1.89. The number of morpholine rings is 1. The van der Waals surface area contributed by atoms with Crippen molar-refractivity contribution < 1.29 is 9.53 Å². The largest absolute Gasteiger partial charge is 0.378 e. The Hall–Kier alpha value is -0.410. The van der Waals surface area contributed by atoms with E-state index in [9.17, 15) is 4.79 Å². The highest BCUT2D eigenvalue weighted by Gasteiger charge is 2.17. The topological polar surface area (TPSA) is 29.5 Å². The molecule has 1 aliphatic rings. The van der Waals surface area contributed by atoms with Crippen molar-refractivity contribution in [2.45, 2.75) is 12.5 Å². The van der Waals surface area contributed by atoms with Crippen LogP contribution in [0.2, 0.25) is 0 Å². The van der Waals surface area contributed by atoms with E-state index in [-0.39, 0.29) is 0 Å². The molecular weight excluding hydrogens is 130 g/mol. The summed E-state index contributed by atoms with van der Waals surface area (Å²) in [7, 11) is 2.02. The van der Waals surface area contributed by atoms with Crippen LogP contribution in [0.3, 0.4) is 0 Å². The van der Waals surface area contributed by atoms with Crippen molar-refractivity contribution in [3.63, 3.8) is 0 Å². The van der Waals surface area contributed by atoms with Crippen LogP contribution in [0.25, 0.3) is 0 Å². The Balaban J connectivity index is 2.32. The van der Waals surface area contributed by atoms with Crippen molar-refractivity contribution in [1.82, 2.24) is 4.90 Å². The second-order valence-corrected chi connectivity index (χ2v) is 2.61. The van der Waals surface area contributed by atoms with Gasteiger partial charge >= 0.3 is 0 Å². The van der Waals surface area contributed by atoms with Crippen LogP contribution in [0.15, 0.2) is 0 Å². The van der Waals surface area contributed by atoms with E-state index < -0.39 is 0 Å². The molecule has 0 amide bonds. The summed E-state index contributed by atoms with van der Waals surface area (Å²) in [5.41, 5.74) is 0. The molecule has 3 nitrogen and oxygen atoms in total. The third kappa shape index (κ3) is 1.78. The van der Waals surface area contributed by atoms with Gasteiger partial charge in [-0.05, 0) is 7.05 Å². The zero-order valence-electron chi connectivity index (χ0n) is 6.25. The molecule has 0 N–H and O–H groups in total. The maximum absolute atomic E-state index is 10.1. The minimum Gasteiger partial charge on any atom is -0.378 e. The van der Waals surface area contributed by atoms with E-state index in [1.54, 1.807) is 0 Å². The molecule has 10 heavy (non-hydrogen) atoms. The average molecular weight is 143 g/mol. The smallest absolute Gasteiger partial charge is 0.121 e. The molecule has 1 aliphatic heterocycles. The number of nitrogens with zero attached hydrogens (tertiary/aromatic N) is 1. The Morgan fingerprint density at radius 3 is 3.20 bits per heavy atom. The van der Waals surface area contributed by atoms with Crippen LogP contribution in [0, 0.1) is 0 Å². The van der Waals surface area contributed by atoms with E-state index in [2.05, 4.69) is 4.90 Å². The highest BCUT2D eigenvalue weighted by molar-refractivity contribution is 5.50. The molecule has 3 heteroatoms. The zero-order valence-corrected chi connectivity index (χ0v) is 6.25. The molecule has 0 aromatic rings. The van der Waals surface area contributed by atoms with Gasteiger partial charge in [-0.15, -0.1) is 0 Å². The van der Waals surface area contributed by atoms with Gasteiger partial charge in [0.05, 0.1) is 13.2 Å². The number of likely N-dealkylation sites (N-methyl/N-ethyl adjacent to an activating group) is 1. The molecule has 0 bridgehead atoms. The summed E-state index contributed by atoms with van der Waals surface area (Å²) in [4.78, 5) is 12.3. The molecule has 1 heterocycles. The fourth-order valence-electron chi connectivity index (χ4n) is 1.10. The fraction of sp³-hybridized carbons (Fsp3) is 0.857. The predicted octanol–water partition coefficient (Wildman–Crippen LogP) is -0.0940. The van der Waals surface area contributed by atoms with Crippen LogP contribution in [0.1, 0.15) is 6.42 Å². The van der Waals surface area contributed by atoms with Gasteiger partial charge in [0.1, 0.15) is 6.29 Å². The summed E-state index contributed by atoms with van der Waals surface area (Å²) in [5.74, 6) is 0. The first-order chi connectivity index (χ1) is 4.84. The highest BCUT2D eigenvalue weighted by Crippen LogP contribution is 2.05. The number of hydrogen-bond donors (Lipinski definition) is 0. The van der Waals surface area contributed by atoms with Crippen LogP contribution in [0.4, 0.5) is 0 Å². The standard InChI is InChI=1S/C7H13NO2/c1-8-3-5-10-6-7(8)2-4-9/h4,7H,2-3,5-6H2,1H3. The summed E-state index contributed by atoms with van der Waals surface area (Å²) in [6.07, 6.45) is 1.55. The molecule has 1 fully saturated rings. The number of hydrogen-bond acceptors (Lipinski definition) is 3. The maximum atomic E-state index is 10.1. The summed E-state index contributed by atoms with van der Waals surface area (Å²) < 4.78 is 5.20. The van der Waals surface area contributed by atoms with Crippen molar-refractivity contribution in [2.24, 2.45) is 0 Å². The molecule has 58 valence electrons. The van der Waals surface area contributed by atoms with Crippen molar-refractivity contribution in [3.8, 4) is 0 Å². The molecule has 0 aliphatic carbocycles. The number of carbonyl (C=O) groups excluding carboxylic acids is 1.